The highest BCUT2D eigenvalue weighted by Crippen LogP contribution is 2.25. The summed E-state index contributed by atoms with van der Waals surface area (Å²) in [5, 5.41) is 10.5. The first-order chi connectivity index (χ1) is 11.8. The van der Waals surface area contributed by atoms with Crippen molar-refractivity contribution in [1.82, 2.24) is 15.0 Å². The van der Waals surface area contributed by atoms with Crippen LogP contribution < -0.4 is 0 Å². The maximum atomic E-state index is 10.5. The van der Waals surface area contributed by atoms with Crippen molar-refractivity contribution >= 4 is 11.0 Å². The molecular formula is C20H17N3O. The van der Waals surface area contributed by atoms with Gasteiger partial charge in [-0.25, -0.2) is 4.98 Å². The lowest BCUT2D eigenvalue weighted by Crippen LogP contribution is -2.03. The van der Waals surface area contributed by atoms with Crippen LogP contribution in [0.5, 0.6) is 0 Å². The van der Waals surface area contributed by atoms with Crippen LogP contribution in [0.2, 0.25) is 0 Å². The molecule has 4 rings (SSSR count). The number of imidazole rings is 1. The second-order valence-corrected chi connectivity index (χ2v) is 5.80. The SMILES string of the molecule is OC(Cc1ccccc1)c1nc2ccc(-c3ccncc3)cc2[nH]1. The molecule has 0 aliphatic rings. The molecule has 0 saturated heterocycles. The van der Waals surface area contributed by atoms with Gasteiger partial charge in [0.25, 0.3) is 0 Å². The Morgan fingerprint density at radius 1 is 0.917 bits per heavy atom. The van der Waals surface area contributed by atoms with E-state index in [2.05, 4.69) is 21.0 Å². The number of nitrogens with zero attached hydrogens (tertiary/aromatic N) is 2. The van der Waals surface area contributed by atoms with Gasteiger partial charge in [0.2, 0.25) is 0 Å². The standard InChI is InChI=1S/C20H17N3O/c24-19(12-14-4-2-1-3-5-14)20-22-17-7-6-16(13-18(17)23-20)15-8-10-21-11-9-15/h1-11,13,19,24H,12H2,(H,22,23). The Morgan fingerprint density at radius 2 is 1.71 bits per heavy atom. The molecule has 4 nitrogen and oxygen atoms in total. The summed E-state index contributed by atoms with van der Waals surface area (Å²) >= 11 is 0. The molecule has 4 aromatic rings. The Labute approximate surface area is 139 Å². The number of aromatic amines is 1. The zero-order chi connectivity index (χ0) is 16.4. The minimum absolute atomic E-state index is 0.540. The molecule has 2 N–H and O–H groups in total. The molecule has 4 heteroatoms. The Kier molecular flexibility index (Phi) is 3.81. The number of aromatic nitrogens is 3. The van der Waals surface area contributed by atoms with Gasteiger partial charge in [-0.1, -0.05) is 36.4 Å². The maximum Gasteiger partial charge on any atom is 0.136 e. The summed E-state index contributed by atoms with van der Waals surface area (Å²) in [6, 6.07) is 19.9. The van der Waals surface area contributed by atoms with E-state index in [1.165, 1.54) is 0 Å². The molecule has 2 aromatic heterocycles. The Morgan fingerprint density at radius 3 is 2.50 bits per heavy atom. The summed E-state index contributed by atoms with van der Waals surface area (Å²) in [6.07, 6.45) is 3.45. The van der Waals surface area contributed by atoms with E-state index >= 15 is 0 Å². The number of hydrogen-bond donors (Lipinski definition) is 2. The fourth-order valence-corrected chi connectivity index (χ4v) is 2.85. The number of benzene rings is 2. The highest BCUT2D eigenvalue weighted by atomic mass is 16.3. The molecule has 1 unspecified atom stereocenters. The molecule has 0 spiro atoms. The normalized spacial score (nSPS) is 12.4. The number of aliphatic hydroxyl groups excluding tert-OH is 1. The molecule has 0 aliphatic heterocycles. The van der Waals surface area contributed by atoms with Crippen LogP contribution in [-0.2, 0) is 6.42 Å². The number of rotatable bonds is 4. The van der Waals surface area contributed by atoms with Crippen molar-refractivity contribution in [2.24, 2.45) is 0 Å². The third kappa shape index (κ3) is 2.92. The highest BCUT2D eigenvalue weighted by Gasteiger charge is 2.13. The van der Waals surface area contributed by atoms with E-state index in [9.17, 15) is 5.11 Å². The molecule has 0 bridgehead atoms. The van der Waals surface area contributed by atoms with Gasteiger partial charge in [0.15, 0.2) is 0 Å². The first-order valence-corrected chi connectivity index (χ1v) is 7.92. The van der Waals surface area contributed by atoms with Crippen molar-refractivity contribution < 1.29 is 5.11 Å². The zero-order valence-electron chi connectivity index (χ0n) is 13.1. The van der Waals surface area contributed by atoms with Crippen LogP contribution in [-0.4, -0.2) is 20.1 Å². The van der Waals surface area contributed by atoms with Crippen molar-refractivity contribution in [2.45, 2.75) is 12.5 Å². The maximum absolute atomic E-state index is 10.5. The van der Waals surface area contributed by atoms with E-state index < -0.39 is 6.10 Å². The van der Waals surface area contributed by atoms with E-state index in [-0.39, 0.29) is 0 Å². The van der Waals surface area contributed by atoms with Crippen molar-refractivity contribution in [2.75, 3.05) is 0 Å². The van der Waals surface area contributed by atoms with Gasteiger partial charge in [-0.2, -0.15) is 0 Å². The quantitative estimate of drug-likeness (QED) is 0.600. The topological polar surface area (TPSA) is 61.8 Å². The minimum Gasteiger partial charge on any atom is -0.385 e. The number of fused-ring (bicyclic) bond motifs is 1. The van der Waals surface area contributed by atoms with Crippen LogP contribution in [0.25, 0.3) is 22.2 Å². The van der Waals surface area contributed by atoms with Crippen molar-refractivity contribution in [3.63, 3.8) is 0 Å². The van der Waals surface area contributed by atoms with Crippen LogP contribution in [0.1, 0.15) is 17.5 Å². The lowest BCUT2D eigenvalue weighted by atomic mass is 10.1. The number of nitrogens with one attached hydrogen (secondary N) is 1. The average molecular weight is 315 g/mol. The van der Waals surface area contributed by atoms with Crippen molar-refractivity contribution in [3.8, 4) is 11.1 Å². The van der Waals surface area contributed by atoms with Crippen LogP contribution in [0.15, 0.2) is 73.1 Å². The molecule has 0 saturated carbocycles. The largest absolute Gasteiger partial charge is 0.385 e. The molecule has 118 valence electrons. The molecule has 0 aliphatic carbocycles. The van der Waals surface area contributed by atoms with E-state index in [0.29, 0.717) is 12.2 Å². The number of pyridine rings is 1. The third-order valence-electron chi connectivity index (χ3n) is 4.10. The second kappa shape index (κ2) is 6.26. The number of H-pyrrole nitrogens is 1. The fourth-order valence-electron chi connectivity index (χ4n) is 2.85. The van der Waals surface area contributed by atoms with E-state index in [1.807, 2.05) is 54.6 Å². The predicted octanol–water partition coefficient (Wildman–Crippen LogP) is 3.90. The van der Waals surface area contributed by atoms with Crippen LogP contribution >= 0.6 is 0 Å². The van der Waals surface area contributed by atoms with Gasteiger partial charge in [0.05, 0.1) is 11.0 Å². The monoisotopic (exact) mass is 315 g/mol. The summed E-state index contributed by atoms with van der Waals surface area (Å²) < 4.78 is 0. The van der Waals surface area contributed by atoms with Crippen molar-refractivity contribution in [3.05, 3.63) is 84.4 Å². The molecular weight excluding hydrogens is 298 g/mol. The molecule has 0 fully saturated rings. The summed E-state index contributed by atoms with van der Waals surface area (Å²) in [5.41, 5.74) is 5.06. The summed E-state index contributed by atoms with van der Waals surface area (Å²) in [4.78, 5) is 11.8. The first-order valence-electron chi connectivity index (χ1n) is 7.92. The molecule has 24 heavy (non-hydrogen) atoms. The van der Waals surface area contributed by atoms with Gasteiger partial charge in [-0.15, -0.1) is 0 Å². The molecule has 0 amide bonds. The highest BCUT2D eigenvalue weighted by molar-refractivity contribution is 5.81. The molecule has 1 atom stereocenters. The van der Waals surface area contributed by atoms with E-state index in [4.69, 9.17) is 0 Å². The van der Waals surface area contributed by atoms with E-state index in [1.54, 1.807) is 12.4 Å². The van der Waals surface area contributed by atoms with Gasteiger partial charge in [0, 0.05) is 18.8 Å². The second-order valence-electron chi connectivity index (χ2n) is 5.80. The third-order valence-corrected chi connectivity index (χ3v) is 4.10. The smallest absolute Gasteiger partial charge is 0.136 e. The lowest BCUT2D eigenvalue weighted by Gasteiger charge is -2.07. The molecule has 0 radical (unpaired) electrons. The van der Waals surface area contributed by atoms with Gasteiger partial charge in [0.1, 0.15) is 11.9 Å². The van der Waals surface area contributed by atoms with Crippen LogP contribution in [0.3, 0.4) is 0 Å². The number of aliphatic hydroxyl groups is 1. The summed E-state index contributed by atoms with van der Waals surface area (Å²) in [5.74, 6) is 0.598. The average Bonchev–Trinajstić information content (AvgIpc) is 3.07. The molecule has 2 aromatic carbocycles. The van der Waals surface area contributed by atoms with Crippen LogP contribution in [0, 0.1) is 0 Å². The zero-order valence-corrected chi connectivity index (χ0v) is 13.1. The van der Waals surface area contributed by atoms with Crippen LogP contribution in [0.4, 0.5) is 0 Å². The number of hydrogen-bond acceptors (Lipinski definition) is 3. The molecule has 2 heterocycles. The van der Waals surface area contributed by atoms with Gasteiger partial charge >= 0.3 is 0 Å². The first kappa shape index (κ1) is 14.6. The van der Waals surface area contributed by atoms with Gasteiger partial charge in [-0.3, -0.25) is 4.98 Å². The minimum atomic E-state index is -0.649. The van der Waals surface area contributed by atoms with E-state index in [0.717, 1.165) is 27.7 Å². The predicted molar refractivity (Wildman–Crippen MR) is 94.4 cm³/mol. The van der Waals surface area contributed by atoms with Gasteiger partial charge in [-0.05, 0) is 41.0 Å². The van der Waals surface area contributed by atoms with Crippen molar-refractivity contribution in [1.29, 1.82) is 0 Å². The Bertz CT molecular complexity index is 948. The Hall–Kier alpha value is -2.98. The summed E-state index contributed by atoms with van der Waals surface area (Å²) in [6.45, 7) is 0. The lowest BCUT2D eigenvalue weighted by molar-refractivity contribution is 0.170. The van der Waals surface area contributed by atoms with Gasteiger partial charge < -0.3 is 10.1 Å². The fraction of sp³-hybridized carbons (Fsp3) is 0.100. The summed E-state index contributed by atoms with van der Waals surface area (Å²) in [7, 11) is 0. The Balaban J connectivity index is 1.63.